The zero-order chi connectivity index (χ0) is 18.4. The number of nitrogens with one attached hydrogen (secondary N) is 1. The Morgan fingerprint density at radius 1 is 1.24 bits per heavy atom. The maximum Gasteiger partial charge on any atom is 0.335 e. The van der Waals surface area contributed by atoms with Crippen molar-refractivity contribution in [2.75, 3.05) is 18.8 Å². The van der Waals surface area contributed by atoms with Gasteiger partial charge in [-0.1, -0.05) is 25.1 Å². The number of hydrogen-bond donors (Lipinski definition) is 2. The Balaban J connectivity index is 1.91. The molecule has 0 aromatic heterocycles. The number of nitrogens with zero attached hydrogens (tertiary/aromatic N) is 1. The van der Waals surface area contributed by atoms with Crippen molar-refractivity contribution in [1.82, 2.24) is 9.62 Å². The van der Waals surface area contributed by atoms with Crippen LogP contribution in [0.25, 0.3) is 0 Å². The zero-order valence-electron chi connectivity index (χ0n) is 14.3. The van der Waals surface area contributed by atoms with Gasteiger partial charge in [-0.2, -0.15) is 0 Å². The molecule has 7 nitrogen and oxygen atoms in total. The second-order valence-corrected chi connectivity index (χ2v) is 8.10. The van der Waals surface area contributed by atoms with Crippen LogP contribution in [-0.2, 0) is 21.2 Å². The molecule has 1 aliphatic heterocycles. The molecule has 2 rings (SSSR count). The van der Waals surface area contributed by atoms with Gasteiger partial charge in [0.2, 0.25) is 15.9 Å². The van der Waals surface area contributed by atoms with E-state index in [1.807, 2.05) is 6.92 Å². The molecule has 1 saturated heterocycles. The van der Waals surface area contributed by atoms with Crippen molar-refractivity contribution in [1.29, 1.82) is 0 Å². The van der Waals surface area contributed by atoms with Crippen molar-refractivity contribution in [3.05, 3.63) is 35.4 Å². The molecule has 0 atom stereocenters. The summed E-state index contributed by atoms with van der Waals surface area (Å²) in [5.41, 5.74) is 0.629. The van der Waals surface area contributed by atoms with Crippen molar-refractivity contribution >= 4 is 21.9 Å². The highest BCUT2D eigenvalue weighted by Gasteiger charge is 2.26. The van der Waals surface area contributed by atoms with Gasteiger partial charge in [0.15, 0.2) is 0 Å². The number of aromatic carboxylic acids is 1. The highest BCUT2D eigenvalue weighted by atomic mass is 32.2. The summed E-state index contributed by atoms with van der Waals surface area (Å²) in [5.74, 6) is -1.08. The first kappa shape index (κ1) is 19.4. The molecule has 1 aliphatic rings. The fraction of sp³-hybridized carbons (Fsp3) is 0.529. The van der Waals surface area contributed by atoms with Crippen LogP contribution in [-0.4, -0.2) is 55.2 Å². The van der Waals surface area contributed by atoms with Crippen LogP contribution in [0.3, 0.4) is 0 Å². The molecule has 2 N–H and O–H groups in total. The van der Waals surface area contributed by atoms with Gasteiger partial charge in [0, 0.05) is 19.1 Å². The lowest BCUT2D eigenvalue weighted by atomic mass is 10.0. The van der Waals surface area contributed by atoms with Gasteiger partial charge in [-0.15, -0.1) is 0 Å². The van der Waals surface area contributed by atoms with E-state index in [1.165, 1.54) is 6.07 Å². The van der Waals surface area contributed by atoms with Gasteiger partial charge in [0.05, 0.1) is 17.7 Å². The lowest BCUT2D eigenvalue weighted by molar-refractivity contribution is -0.131. The lowest BCUT2D eigenvalue weighted by Gasteiger charge is -2.32. The van der Waals surface area contributed by atoms with Crippen LogP contribution >= 0.6 is 0 Å². The molecule has 1 fully saturated rings. The van der Waals surface area contributed by atoms with Crippen LogP contribution in [0.1, 0.15) is 42.1 Å². The molecule has 0 radical (unpaired) electrons. The van der Waals surface area contributed by atoms with Gasteiger partial charge in [-0.3, -0.25) is 4.79 Å². The highest BCUT2D eigenvalue weighted by Crippen LogP contribution is 2.15. The summed E-state index contributed by atoms with van der Waals surface area (Å²) in [4.78, 5) is 25.3. The molecule has 138 valence electrons. The quantitative estimate of drug-likeness (QED) is 0.754. The van der Waals surface area contributed by atoms with Gasteiger partial charge in [-0.25, -0.2) is 17.9 Å². The number of carbonyl (C=O) groups excluding carboxylic acids is 1. The number of sulfonamides is 1. The van der Waals surface area contributed by atoms with Crippen LogP contribution in [0.2, 0.25) is 0 Å². The molecule has 25 heavy (non-hydrogen) atoms. The second-order valence-electron chi connectivity index (χ2n) is 6.23. The first-order chi connectivity index (χ1) is 11.8. The van der Waals surface area contributed by atoms with Crippen molar-refractivity contribution < 1.29 is 23.1 Å². The standard InChI is InChI=1S/C17H24N2O5S/c1-2-11-25(23,24)18-14-7-9-19(10-8-14)16(20)12-13-5-3-4-6-15(13)17(21)22/h3-6,14,18H,2,7-12H2,1H3,(H,21,22). The Kier molecular flexibility index (Phi) is 6.55. The van der Waals surface area contributed by atoms with E-state index >= 15 is 0 Å². The summed E-state index contributed by atoms with van der Waals surface area (Å²) >= 11 is 0. The minimum Gasteiger partial charge on any atom is -0.478 e. The minimum absolute atomic E-state index is 0.0364. The summed E-state index contributed by atoms with van der Waals surface area (Å²) in [6.07, 6.45) is 1.73. The van der Waals surface area contributed by atoms with Crippen molar-refractivity contribution in [2.45, 2.75) is 38.6 Å². The number of carboxylic acids is 1. The predicted octanol–water partition coefficient (Wildman–Crippen LogP) is 1.25. The lowest BCUT2D eigenvalue weighted by Crippen LogP contribution is -2.47. The third-order valence-electron chi connectivity index (χ3n) is 4.26. The molecular weight excluding hydrogens is 344 g/mol. The Morgan fingerprint density at radius 2 is 1.88 bits per heavy atom. The van der Waals surface area contributed by atoms with E-state index in [-0.39, 0.29) is 29.7 Å². The summed E-state index contributed by atoms with van der Waals surface area (Å²) in [6, 6.07) is 6.33. The SMILES string of the molecule is CCCS(=O)(=O)NC1CCN(C(=O)Cc2ccccc2C(=O)O)CC1. The van der Waals surface area contributed by atoms with Crippen LogP contribution in [0.15, 0.2) is 24.3 Å². The monoisotopic (exact) mass is 368 g/mol. The van der Waals surface area contributed by atoms with E-state index in [0.717, 1.165) is 0 Å². The summed E-state index contributed by atoms with van der Waals surface area (Å²) in [7, 11) is -3.25. The first-order valence-electron chi connectivity index (χ1n) is 8.41. The summed E-state index contributed by atoms with van der Waals surface area (Å²) in [5, 5.41) is 9.19. The van der Waals surface area contributed by atoms with Crippen LogP contribution < -0.4 is 4.72 Å². The molecule has 8 heteroatoms. The summed E-state index contributed by atoms with van der Waals surface area (Å²) in [6.45, 7) is 2.75. The third kappa shape index (κ3) is 5.54. The topological polar surface area (TPSA) is 104 Å². The molecular formula is C17H24N2O5S. The average molecular weight is 368 g/mol. The number of amides is 1. The minimum atomic E-state index is -3.25. The molecule has 0 bridgehead atoms. The van der Waals surface area contributed by atoms with E-state index < -0.39 is 16.0 Å². The zero-order valence-corrected chi connectivity index (χ0v) is 15.1. The third-order valence-corrected chi connectivity index (χ3v) is 5.89. The average Bonchev–Trinajstić information content (AvgIpc) is 2.55. The molecule has 0 unspecified atom stereocenters. The number of carbonyl (C=O) groups is 2. The number of benzene rings is 1. The molecule has 1 aromatic carbocycles. The molecule has 0 aliphatic carbocycles. The largest absolute Gasteiger partial charge is 0.478 e. The number of likely N-dealkylation sites (tertiary alicyclic amines) is 1. The Morgan fingerprint density at radius 3 is 2.48 bits per heavy atom. The maximum absolute atomic E-state index is 12.4. The first-order valence-corrected chi connectivity index (χ1v) is 10.1. The van der Waals surface area contributed by atoms with E-state index in [4.69, 9.17) is 0 Å². The van der Waals surface area contributed by atoms with Gasteiger partial charge in [-0.05, 0) is 30.9 Å². The molecule has 1 amide bonds. The van der Waals surface area contributed by atoms with Crippen LogP contribution in [0.4, 0.5) is 0 Å². The Hall–Kier alpha value is -1.93. The number of hydrogen-bond acceptors (Lipinski definition) is 4. The van der Waals surface area contributed by atoms with Gasteiger partial charge in [0.25, 0.3) is 0 Å². The van der Waals surface area contributed by atoms with Gasteiger partial charge < -0.3 is 10.0 Å². The number of piperidine rings is 1. The Labute approximate surface area is 148 Å². The summed E-state index contributed by atoms with van der Waals surface area (Å²) < 4.78 is 26.3. The van der Waals surface area contributed by atoms with Crippen LogP contribution in [0.5, 0.6) is 0 Å². The van der Waals surface area contributed by atoms with E-state index in [0.29, 0.717) is 37.9 Å². The molecule has 1 aromatic rings. The maximum atomic E-state index is 12.4. The number of carboxylic acid groups (broad SMARTS) is 1. The van der Waals surface area contributed by atoms with Gasteiger partial charge >= 0.3 is 5.97 Å². The number of rotatable bonds is 7. The second kappa shape index (κ2) is 8.44. The molecule has 1 heterocycles. The fourth-order valence-corrected chi connectivity index (χ4v) is 4.39. The highest BCUT2D eigenvalue weighted by molar-refractivity contribution is 7.89. The predicted molar refractivity (Wildman–Crippen MR) is 93.9 cm³/mol. The Bertz CT molecular complexity index is 724. The van der Waals surface area contributed by atoms with Crippen molar-refractivity contribution in [2.24, 2.45) is 0 Å². The van der Waals surface area contributed by atoms with E-state index in [9.17, 15) is 23.1 Å². The van der Waals surface area contributed by atoms with Crippen molar-refractivity contribution in [3.8, 4) is 0 Å². The van der Waals surface area contributed by atoms with E-state index in [2.05, 4.69) is 4.72 Å². The molecule has 0 saturated carbocycles. The molecule has 0 spiro atoms. The van der Waals surface area contributed by atoms with E-state index in [1.54, 1.807) is 23.1 Å². The van der Waals surface area contributed by atoms with Gasteiger partial charge in [0.1, 0.15) is 0 Å². The smallest absolute Gasteiger partial charge is 0.335 e. The fourth-order valence-electron chi connectivity index (χ4n) is 2.99. The van der Waals surface area contributed by atoms with Crippen molar-refractivity contribution in [3.63, 3.8) is 0 Å². The van der Waals surface area contributed by atoms with Crippen LogP contribution in [0, 0.1) is 0 Å². The normalized spacial score (nSPS) is 16.0.